The summed E-state index contributed by atoms with van der Waals surface area (Å²) in [7, 11) is 0. The van der Waals surface area contributed by atoms with Gasteiger partial charge in [0, 0.05) is 35.1 Å². The molecule has 2 aromatic carbocycles. The number of hydrogen-bond acceptors (Lipinski definition) is 5. The van der Waals surface area contributed by atoms with E-state index in [1.807, 2.05) is 31.2 Å². The van der Waals surface area contributed by atoms with Gasteiger partial charge in [0.1, 0.15) is 0 Å². The Hall–Kier alpha value is -4.13. The third kappa shape index (κ3) is 3.61. The zero-order chi connectivity index (χ0) is 21.4. The van der Waals surface area contributed by atoms with Crippen LogP contribution < -0.4 is 10.2 Å². The Kier molecular flexibility index (Phi) is 4.63. The standard InChI is InChI=1S/C24H19N3O4/c1-15-12-22(31-26-15)17-7-8-20-16(13-17)9-10-27(20)24(29)18-4-2-5-19(14-18)25-23(28)21-6-3-11-30-21/h2-8,11-14H,9-10H2,1H3,(H,25,28). The van der Waals surface area contributed by atoms with E-state index in [1.165, 1.54) is 6.26 Å². The van der Waals surface area contributed by atoms with E-state index in [2.05, 4.69) is 10.5 Å². The quantitative estimate of drug-likeness (QED) is 0.524. The lowest BCUT2D eigenvalue weighted by molar-refractivity contribution is 0.0982. The molecule has 1 N–H and O–H groups in total. The van der Waals surface area contributed by atoms with Crippen LogP contribution in [0, 0.1) is 6.92 Å². The topological polar surface area (TPSA) is 88.6 Å². The fraction of sp³-hybridized carbons (Fsp3) is 0.125. The van der Waals surface area contributed by atoms with Crippen LogP contribution in [0.25, 0.3) is 11.3 Å². The number of nitrogens with zero attached hydrogens (tertiary/aromatic N) is 2. The van der Waals surface area contributed by atoms with Crippen LogP contribution in [0.2, 0.25) is 0 Å². The molecule has 0 unspecified atom stereocenters. The number of fused-ring (bicyclic) bond motifs is 1. The summed E-state index contributed by atoms with van der Waals surface area (Å²) < 4.78 is 10.5. The van der Waals surface area contributed by atoms with Gasteiger partial charge in [-0.15, -0.1) is 0 Å². The van der Waals surface area contributed by atoms with Gasteiger partial charge in [-0.05, 0) is 67.4 Å². The largest absolute Gasteiger partial charge is 0.459 e. The molecule has 0 radical (unpaired) electrons. The molecule has 0 fully saturated rings. The van der Waals surface area contributed by atoms with Crippen molar-refractivity contribution in [3.8, 4) is 11.3 Å². The van der Waals surface area contributed by atoms with Crippen molar-refractivity contribution < 1.29 is 18.5 Å². The predicted octanol–water partition coefficient (Wildman–Crippen LogP) is 4.70. The Morgan fingerprint density at radius 3 is 2.74 bits per heavy atom. The van der Waals surface area contributed by atoms with Crippen LogP contribution in [0.3, 0.4) is 0 Å². The highest BCUT2D eigenvalue weighted by atomic mass is 16.5. The third-order valence-corrected chi connectivity index (χ3v) is 5.25. The van der Waals surface area contributed by atoms with Gasteiger partial charge in [0.2, 0.25) is 0 Å². The highest BCUT2D eigenvalue weighted by Gasteiger charge is 2.26. The molecule has 0 spiro atoms. The fourth-order valence-electron chi connectivity index (χ4n) is 3.75. The Labute approximate surface area is 178 Å². The molecule has 4 aromatic rings. The molecule has 1 aliphatic heterocycles. The summed E-state index contributed by atoms with van der Waals surface area (Å²) in [6.45, 7) is 2.47. The molecule has 7 heteroatoms. The van der Waals surface area contributed by atoms with Gasteiger partial charge in [0.25, 0.3) is 11.8 Å². The lowest BCUT2D eigenvalue weighted by atomic mass is 10.1. The minimum absolute atomic E-state index is 0.115. The predicted molar refractivity (Wildman–Crippen MR) is 115 cm³/mol. The number of rotatable bonds is 4. The van der Waals surface area contributed by atoms with Crippen molar-refractivity contribution in [3.05, 3.63) is 89.5 Å². The molecule has 0 saturated heterocycles. The number of anilines is 2. The highest BCUT2D eigenvalue weighted by molar-refractivity contribution is 6.09. The Morgan fingerprint density at radius 1 is 1.06 bits per heavy atom. The SMILES string of the molecule is Cc1cc(-c2ccc3c(c2)CCN3C(=O)c2cccc(NC(=O)c3ccco3)c2)on1. The average Bonchev–Trinajstić information content (AvgIpc) is 3.53. The molecule has 0 aliphatic carbocycles. The number of carbonyl (C=O) groups is 2. The van der Waals surface area contributed by atoms with Crippen LogP contribution in [-0.2, 0) is 6.42 Å². The zero-order valence-electron chi connectivity index (χ0n) is 16.8. The smallest absolute Gasteiger partial charge is 0.291 e. The second-order valence-electron chi connectivity index (χ2n) is 7.40. The monoisotopic (exact) mass is 413 g/mol. The van der Waals surface area contributed by atoms with Crippen LogP contribution in [0.1, 0.15) is 32.2 Å². The maximum atomic E-state index is 13.2. The van der Waals surface area contributed by atoms with Crippen molar-refractivity contribution in [2.75, 3.05) is 16.8 Å². The Balaban J connectivity index is 1.36. The van der Waals surface area contributed by atoms with Crippen LogP contribution in [0.15, 0.2) is 75.9 Å². The summed E-state index contributed by atoms with van der Waals surface area (Å²) in [5.41, 5.74) is 4.77. The number of aryl methyl sites for hydroxylation is 1. The molecular formula is C24H19N3O4. The molecule has 0 atom stereocenters. The molecule has 1 aliphatic rings. The summed E-state index contributed by atoms with van der Waals surface area (Å²) in [6, 6.07) is 17.9. The van der Waals surface area contributed by atoms with Crippen LogP contribution in [0.5, 0.6) is 0 Å². The number of furan rings is 1. The highest BCUT2D eigenvalue weighted by Crippen LogP contribution is 2.33. The second-order valence-corrected chi connectivity index (χ2v) is 7.40. The first-order chi connectivity index (χ1) is 15.1. The van der Waals surface area contributed by atoms with E-state index >= 15 is 0 Å². The number of benzene rings is 2. The van der Waals surface area contributed by atoms with Crippen LogP contribution in [0.4, 0.5) is 11.4 Å². The first kappa shape index (κ1) is 18.9. The molecule has 3 heterocycles. The zero-order valence-corrected chi connectivity index (χ0v) is 16.8. The van der Waals surface area contributed by atoms with Gasteiger partial charge >= 0.3 is 0 Å². The third-order valence-electron chi connectivity index (χ3n) is 5.25. The van der Waals surface area contributed by atoms with Gasteiger partial charge < -0.3 is 19.2 Å². The maximum Gasteiger partial charge on any atom is 0.291 e. The van der Waals surface area contributed by atoms with Crippen molar-refractivity contribution in [1.82, 2.24) is 5.16 Å². The lowest BCUT2D eigenvalue weighted by Gasteiger charge is -2.18. The van der Waals surface area contributed by atoms with Gasteiger partial charge in [-0.3, -0.25) is 9.59 Å². The first-order valence-corrected chi connectivity index (χ1v) is 9.92. The van der Waals surface area contributed by atoms with Gasteiger partial charge in [0.05, 0.1) is 12.0 Å². The minimum Gasteiger partial charge on any atom is -0.459 e. The number of carbonyl (C=O) groups excluding carboxylic acids is 2. The summed E-state index contributed by atoms with van der Waals surface area (Å²) >= 11 is 0. The number of amides is 2. The fourth-order valence-corrected chi connectivity index (χ4v) is 3.75. The van der Waals surface area contributed by atoms with E-state index in [1.54, 1.807) is 41.3 Å². The van der Waals surface area contributed by atoms with Gasteiger partial charge in [0.15, 0.2) is 11.5 Å². The Morgan fingerprint density at radius 2 is 1.97 bits per heavy atom. The van der Waals surface area contributed by atoms with E-state index in [9.17, 15) is 9.59 Å². The summed E-state index contributed by atoms with van der Waals surface area (Å²) in [4.78, 5) is 27.2. The minimum atomic E-state index is -0.365. The summed E-state index contributed by atoms with van der Waals surface area (Å²) in [5, 5.41) is 6.70. The number of nitrogens with one attached hydrogen (secondary N) is 1. The van der Waals surface area contributed by atoms with Crippen molar-refractivity contribution in [3.63, 3.8) is 0 Å². The second kappa shape index (κ2) is 7.60. The van der Waals surface area contributed by atoms with E-state index in [4.69, 9.17) is 8.94 Å². The van der Waals surface area contributed by atoms with Crippen LogP contribution in [-0.4, -0.2) is 23.5 Å². The van der Waals surface area contributed by atoms with E-state index < -0.39 is 0 Å². The van der Waals surface area contributed by atoms with E-state index in [0.29, 0.717) is 23.6 Å². The molecule has 2 amide bonds. The number of hydrogen-bond donors (Lipinski definition) is 1. The molecule has 7 nitrogen and oxygen atoms in total. The molecular weight excluding hydrogens is 394 g/mol. The van der Waals surface area contributed by atoms with Crippen molar-refractivity contribution >= 4 is 23.2 Å². The first-order valence-electron chi connectivity index (χ1n) is 9.92. The van der Waals surface area contributed by atoms with Gasteiger partial charge in [-0.1, -0.05) is 11.2 Å². The van der Waals surface area contributed by atoms with E-state index in [0.717, 1.165) is 28.9 Å². The molecule has 31 heavy (non-hydrogen) atoms. The van der Waals surface area contributed by atoms with Gasteiger partial charge in [-0.25, -0.2) is 0 Å². The summed E-state index contributed by atoms with van der Waals surface area (Å²) in [5.74, 6) is 0.445. The van der Waals surface area contributed by atoms with E-state index in [-0.39, 0.29) is 17.6 Å². The normalized spacial score (nSPS) is 12.6. The van der Waals surface area contributed by atoms with Crippen molar-refractivity contribution in [1.29, 1.82) is 0 Å². The number of aromatic nitrogens is 1. The molecule has 0 saturated carbocycles. The summed E-state index contributed by atoms with van der Waals surface area (Å²) in [6.07, 6.45) is 2.20. The molecule has 2 aromatic heterocycles. The van der Waals surface area contributed by atoms with Crippen molar-refractivity contribution in [2.45, 2.75) is 13.3 Å². The van der Waals surface area contributed by atoms with Crippen LogP contribution >= 0.6 is 0 Å². The molecule has 154 valence electrons. The Bertz CT molecular complexity index is 1270. The molecule has 0 bridgehead atoms. The average molecular weight is 413 g/mol. The van der Waals surface area contributed by atoms with Gasteiger partial charge in [-0.2, -0.15) is 0 Å². The maximum absolute atomic E-state index is 13.2. The lowest BCUT2D eigenvalue weighted by Crippen LogP contribution is -2.28. The van der Waals surface area contributed by atoms with Crippen molar-refractivity contribution in [2.24, 2.45) is 0 Å². The molecule has 5 rings (SSSR count).